The Kier molecular flexibility index (Phi) is 8.34. The lowest BCUT2D eigenvalue weighted by molar-refractivity contribution is -0.120. The monoisotopic (exact) mass is 409 g/mol. The summed E-state index contributed by atoms with van der Waals surface area (Å²) in [7, 11) is 0. The highest BCUT2D eigenvalue weighted by Crippen LogP contribution is 2.22. The van der Waals surface area contributed by atoms with Gasteiger partial charge in [0.2, 0.25) is 5.91 Å². The molecule has 2 aromatic rings. The number of carbonyl (C=O) groups is 1. The van der Waals surface area contributed by atoms with E-state index in [0.29, 0.717) is 35.5 Å². The first-order valence-corrected chi connectivity index (χ1v) is 10.1. The Hall–Kier alpha value is -1.83. The van der Waals surface area contributed by atoms with Crippen LogP contribution < -0.4 is 10.9 Å². The van der Waals surface area contributed by atoms with Crippen LogP contribution in [0.1, 0.15) is 25.8 Å². The summed E-state index contributed by atoms with van der Waals surface area (Å²) in [5, 5.41) is 8.06. The lowest BCUT2D eigenvalue weighted by Gasteiger charge is -2.13. The Morgan fingerprint density at radius 3 is 2.85 bits per heavy atom. The van der Waals surface area contributed by atoms with Crippen LogP contribution in [-0.4, -0.2) is 40.7 Å². The average Bonchev–Trinajstić information content (AvgIpc) is 2.65. The lowest BCUT2D eigenvalue weighted by atomic mass is 10.2. The number of halogens is 1. The molecule has 0 fully saturated rings. The lowest BCUT2D eigenvalue weighted by Crippen LogP contribution is -2.32. The molecule has 0 aliphatic rings. The maximum atomic E-state index is 12.2. The third-order valence-electron chi connectivity index (χ3n) is 3.81. The van der Waals surface area contributed by atoms with Crippen LogP contribution in [0.5, 0.6) is 0 Å². The van der Waals surface area contributed by atoms with Crippen molar-refractivity contribution in [3.8, 4) is 5.69 Å². The average molecular weight is 410 g/mol. The first-order chi connectivity index (χ1) is 12.9. The second kappa shape index (κ2) is 10.5. The van der Waals surface area contributed by atoms with Gasteiger partial charge in [0, 0.05) is 30.8 Å². The highest BCUT2D eigenvalue weighted by Gasteiger charge is 2.15. The molecule has 1 atom stereocenters. The number of thioether (sulfide) groups is 1. The number of hydrogen-bond acceptors (Lipinski definition) is 5. The molecule has 6 nitrogen and oxygen atoms in total. The van der Waals surface area contributed by atoms with Gasteiger partial charge in [0.25, 0.3) is 5.56 Å². The largest absolute Gasteiger partial charge is 0.382 e. The number of rotatable bonds is 9. The van der Waals surface area contributed by atoms with E-state index >= 15 is 0 Å². The van der Waals surface area contributed by atoms with Crippen molar-refractivity contribution in [1.82, 2.24) is 15.1 Å². The zero-order valence-electron chi connectivity index (χ0n) is 15.7. The molecule has 0 saturated heterocycles. The number of hydrogen-bond donors (Lipinski definition) is 1. The maximum absolute atomic E-state index is 12.2. The van der Waals surface area contributed by atoms with E-state index in [1.54, 1.807) is 18.2 Å². The summed E-state index contributed by atoms with van der Waals surface area (Å²) in [4.78, 5) is 24.4. The van der Waals surface area contributed by atoms with Gasteiger partial charge in [-0.15, -0.1) is 0 Å². The number of carbonyl (C=O) groups excluding carboxylic acids is 1. The first kappa shape index (κ1) is 21.5. The number of aromatic nitrogens is 2. The second-order valence-corrected chi connectivity index (χ2v) is 7.72. The van der Waals surface area contributed by atoms with Crippen molar-refractivity contribution in [3.05, 3.63) is 51.3 Å². The molecular weight excluding hydrogens is 386 g/mol. The van der Waals surface area contributed by atoms with Gasteiger partial charge in [-0.05, 0) is 51.0 Å². The van der Waals surface area contributed by atoms with Crippen LogP contribution in [0.3, 0.4) is 0 Å². The highest BCUT2D eigenvalue weighted by atomic mass is 35.5. The number of nitrogens with zero attached hydrogens (tertiary/aromatic N) is 2. The minimum atomic E-state index is -0.336. The maximum Gasteiger partial charge on any atom is 0.271 e. The molecule has 0 bridgehead atoms. The van der Waals surface area contributed by atoms with Crippen LogP contribution in [0, 0.1) is 6.92 Å². The number of aryl methyl sites for hydroxylation is 1. The van der Waals surface area contributed by atoms with E-state index < -0.39 is 0 Å². The zero-order valence-corrected chi connectivity index (χ0v) is 17.3. The zero-order chi connectivity index (χ0) is 19.8. The molecule has 0 aliphatic heterocycles. The normalized spacial score (nSPS) is 12.0. The van der Waals surface area contributed by atoms with Gasteiger partial charge in [0.05, 0.1) is 10.9 Å². The van der Waals surface area contributed by atoms with Crippen LogP contribution in [0.15, 0.2) is 40.2 Å². The van der Waals surface area contributed by atoms with Crippen molar-refractivity contribution in [1.29, 1.82) is 0 Å². The molecule has 0 aliphatic carbocycles. The molecule has 1 heterocycles. The van der Waals surface area contributed by atoms with Gasteiger partial charge in [-0.3, -0.25) is 9.59 Å². The molecule has 2 rings (SSSR count). The molecule has 0 spiro atoms. The van der Waals surface area contributed by atoms with E-state index in [9.17, 15) is 9.59 Å². The Morgan fingerprint density at radius 1 is 1.37 bits per heavy atom. The third-order valence-corrected chi connectivity index (χ3v) is 5.25. The van der Waals surface area contributed by atoms with E-state index in [2.05, 4.69) is 10.4 Å². The van der Waals surface area contributed by atoms with Gasteiger partial charge >= 0.3 is 0 Å². The predicted molar refractivity (Wildman–Crippen MR) is 109 cm³/mol. The molecule has 0 radical (unpaired) electrons. The molecule has 8 heteroatoms. The Morgan fingerprint density at radius 2 is 2.15 bits per heavy atom. The van der Waals surface area contributed by atoms with Crippen molar-refractivity contribution >= 4 is 29.3 Å². The molecule has 0 unspecified atom stereocenters. The summed E-state index contributed by atoms with van der Waals surface area (Å²) in [6.07, 6.45) is 0.772. The number of ether oxygens (including phenoxy) is 1. The van der Waals surface area contributed by atoms with Crippen LogP contribution >= 0.6 is 23.4 Å². The Labute approximate surface area is 168 Å². The minimum absolute atomic E-state index is 0.0746. The van der Waals surface area contributed by atoms with Crippen molar-refractivity contribution in [2.75, 3.05) is 19.8 Å². The first-order valence-electron chi connectivity index (χ1n) is 8.81. The van der Waals surface area contributed by atoms with E-state index in [1.807, 2.05) is 26.8 Å². The van der Waals surface area contributed by atoms with Gasteiger partial charge in [0.15, 0.2) is 0 Å². The molecule has 0 saturated carbocycles. The van der Waals surface area contributed by atoms with Crippen LogP contribution in [0.2, 0.25) is 5.02 Å². The van der Waals surface area contributed by atoms with E-state index in [-0.39, 0.29) is 16.7 Å². The molecule has 1 aromatic carbocycles. The van der Waals surface area contributed by atoms with Crippen molar-refractivity contribution in [2.24, 2.45) is 0 Å². The Bertz CT molecular complexity index is 841. The number of benzene rings is 1. The van der Waals surface area contributed by atoms with Crippen LogP contribution in [-0.2, 0) is 9.53 Å². The quantitative estimate of drug-likeness (QED) is 0.508. The fourth-order valence-electron chi connectivity index (χ4n) is 2.26. The fourth-order valence-corrected chi connectivity index (χ4v) is 3.27. The molecular formula is C19H24ClN3O3S. The molecule has 27 heavy (non-hydrogen) atoms. The van der Waals surface area contributed by atoms with Gasteiger partial charge in [-0.1, -0.05) is 29.4 Å². The SMILES string of the molecule is CCOCCCNC(=O)[C@@H](C)Sc1ccc(=O)n(-c2ccc(C)c(Cl)c2)n1. The summed E-state index contributed by atoms with van der Waals surface area (Å²) in [5.41, 5.74) is 1.26. The topological polar surface area (TPSA) is 73.2 Å². The van der Waals surface area contributed by atoms with Gasteiger partial charge in [-0.2, -0.15) is 9.78 Å². The molecule has 146 valence electrons. The van der Waals surface area contributed by atoms with Gasteiger partial charge in [-0.25, -0.2) is 0 Å². The molecule has 1 amide bonds. The molecule has 1 aromatic heterocycles. The predicted octanol–water partition coefficient (Wildman–Crippen LogP) is 3.22. The second-order valence-electron chi connectivity index (χ2n) is 5.96. The van der Waals surface area contributed by atoms with Crippen molar-refractivity contribution in [2.45, 2.75) is 37.5 Å². The van der Waals surface area contributed by atoms with E-state index in [4.69, 9.17) is 16.3 Å². The van der Waals surface area contributed by atoms with Crippen LogP contribution in [0.4, 0.5) is 0 Å². The highest BCUT2D eigenvalue weighted by molar-refractivity contribution is 8.00. The summed E-state index contributed by atoms with van der Waals surface area (Å²) in [6.45, 7) is 7.51. The summed E-state index contributed by atoms with van der Waals surface area (Å²) >= 11 is 7.45. The van der Waals surface area contributed by atoms with E-state index in [0.717, 1.165) is 12.0 Å². The fraction of sp³-hybridized carbons (Fsp3) is 0.421. The minimum Gasteiger partial charge on any atom is -0.382 e. The number of nitrogens with one attached hydrogen (secondary N) is 1. The number of amides is 1. The molecule has 1 N–H and O–H groups in total. The van der Waals surface area contributed by atoms with Crippen LogP contribution in [0.25, 0.3) is 5.69 Å². The smallest absolute Gasteiger partial charge is 0.271 e. The standard InChI is InChI=1S/C19H24ClN3O3S/c1-4-26-11-5-10-21-19(25)14(3)27-17-8-9-18(24)23(22-17)15-7-6-13(2)16(20)12-15/h6-9,12,14H,4-5,10-11H2,1-3H3,(H,21,25)/t14-/m1/s1. The Balaban J connectivity index is 2.03. The van der Waals surface area contributed by atoms with Crippen molar-refractivity contribution in [3.63, 3.8) is 0 Å². The third kappa shape index (κ3) is 6.37. The van der Waals surface area contributed by atoms with Crippen molar-refractivity contribution < 1.29 is 9.53 Å². The summed E-state index contributed by atoms with van der Waals surface area (Å²) in [5.74, 6) is -0.0746. The summed E-state index contributed by atoms with van der Waals surface area (Å²) in [6, 6.07) is 8.39. The van der Waals surface area contributed by atoms with Gasteiger partial charge in [0.1, 0.15) is 5.03 Å². The summed E-state index contributed by atoms with van der Waals surface area (Å²) < 4.78 is 6.54. The van der Waals surface area contributed by atoms with E-state index in [1.165, 1.54) is 22.5 Å². The van der Waals surface area contributed by atoms with Gasteiger partial charge < -0.3 is 10.1 Å².